The molecule has 0 saturated heterocycles. The van der Waals surface area contributed by atoms with E-state index in [1.54, 1.807) is 48.5 Å². The van der Waals surface area contributed by atoms with Gasteiger partial charge in [-0.05, 0) is 30.2 Å². The summed E-state index contributed by atoms with van der Waals surface area (Å²) < 4.78 is 13.5. The molecule has 2 aromatic carbocycles. The van der Waals surface area contributed by atoms with E-state index in [4.69, 9.17) is 16.9 Å². The third-order valence-electron chi connectivity index (χ3n) is 3.44. The molecule has 0 radical (unpaired) electrons. The molecule has 0 aliphatic carbocycles. The number of ketones is 1. The molecule has 0 spiro atoms. The van der Waals surface area contributed by atoms with Crippen molar-refractivity contribution >= 4 is 29.0 Å². The van der Waals surface area contributed by atoms with Crippen LogP contribution in [0.4, 0.5) is 10.1 Å². The van der Waals surface area contributed by atoms with Crippen LogP contribution in [0.2, 0.25) is 5.02 Å². The number of Topliss-reactive ketones (excluding diaryl/α,β-unsaturated/α-hetero) is 1. The molecule has 1 amide bonds. The fourth-order valence-corrected chi connectivity index (χ4v) is 2.33. The van der Waals surface area contributed by atoms with Gasteiger partial charge in [0.15, 0.2) is 11.7 Å². The monoisotopic (exact) mass is 344 g/mol. The summed E-state index contributed by atoms with van der Waals surface area (Å²) in [5.74, 6) is -3.19. The summed E-state index contributed by atoms with van der Waals surface area (Å²) in [5.41, 5.74) is 0.695. The van der Waals surface area contributed by atoms with Crippen LogP contribution >= 0.6 is 11.6 Å². The minimum absolute atomic E-state index is 0.102. The minimum Gasteiger partial charge on any atom is -0.323 e. The molecule has 0 aliphatic rings. The minimum atomic E-state index is -1.46. The third-order valence-corrected chi connectivity index (χ3v) is 3.77. The average Bonchev–Trinajstić information content (AvgIpc) is 2.57. The summed E-state index contributed by atoms with van der Waals surface area (Å²) in [6, 6.07) is 14.3. The second-order valence-electron chi connectivity index (χ2n) is 5.09. The summed E-state index contributed by atoms with van der Waals surface area (Å²) >= 11 is 5.93. The van der Waals surface area contributed by atoms with Gasteiger partial charge in [-0.1, -0.05) is 41.9 Å². The average molecular weight is 345 g/mol. The predicted octanol–water partition coefficient (Wildman–Crippen LogP) is 3.76. The summed E-state index contributed by atoms with van der Waals surface area (Å²) in [4.78, 5) is 24.3. The zero-order valence-corrected chi connectivity index (χ0v) is 13.4. The van der Waals surface area contributed by atoms with E-state index in [-0.39, 0.29) is 12.8 Å². The predicted molar refractivity (Wildman–Crippen MR) is 88.9 cm³/mol. The molecular weight excluding hydrogens is 331 g/mol. The van der Waals surface area contributed by atoms with E-state index in [1.807, 2.05) is 0 Å². The Balaban J connectivity index is 2.01. The van der Waals surface area contributed by atoms with Crippen molar-refractivity contribution in [2.45, 2.75) is 12.8 Å². The van der Waals surface area contributed by atoms with E-state index in [9.17, 15) is 14.0 Å². The molecule has 0 heterocycles. The first-order chi connectivity index (χ1) is 11.5. The van der Waals surface area contributed by atoms with Gasteiger partial charge in [0.25, 0.3) is 0 Å². The first-order valence-corrected chi connectivity index (χ1v) is 7.62. The number of rotatable bonds is 6. The molecule has 2 aromatic rings. The standard InChI is InChI=1S/C18H14ClFN2O2/c19-14-6-2-4-8-16(14)22-18(24)13(11-21)17(23)10-9-12-5-1-3-7-15(12)20/h1-8,13H,9-10H2,(H,22,24)/t13-/m1/s1. The molecule has 0 aromatic heterocycles. The van der Waals surface area contributed by atoms with Gasteiger partial charge in [0.1, 0.15) is 5.82 Å². The Morgan fingerprint density at radius 3 is 2.50 bits per heavy atom. The highest BCUT2D eigenvalue weighted by Crippen LogP contribution is 2.21. The van der Waals surface area contributed by atoms with E-state index in [1.165, 1.54) is 6.07 Å². The Hall–Kier alpha value is -2.71. The van der Waals surface area contributed by atoms with Gasteiger partial charge in [0, 0.05) is 6.42 Å². The Labute approximate surface area is 143 Å². The van der Waals surface area contributed by atoms with Gasteiger partial charge >= 0.3 is 0 Å². The van der Waals surface area contributed by atoms with Crippen molar-refractivity contribution in [3.8, 4) is 6.07 Å². The molecule has 0 saturated carbocycles. The molecule has 0 unspecified atom stereocenters. The van der Waals surface area contributed by atoms with E-state index in [2.05, 4.69) is 5.32 Å². The summed E-state index contributed by atoms with van der Waals surface area (Å²) in [6.07, 6.45) is 0.0260. The Bertz CT molecular complexity index is 802. The Kier molecular flexibility index (Phi) is 6.05. The number of halogens is 2. The number of anilines is 1. The maximum absolute atomic E-state index is 13.5. The number of nitriles is 1. The molecule has 6 heteroatoms. The largest absolute Gasteiger partial charge is 0.323 e. The van der Waals surface area contributed by atoms with Crippen LogP contribution in [0.3, 0.4) is 0 Å². The lowest BCUT2D eigenvalue weighted by Crippen LogP contribution is -2.29. The van der Waals surface area contributed by atoms with Crippen LogP contribution in [-0.4, -0.2) is 11.7 Å². The van der Waals surface area contributed by atoms with Gasteiger partial charge in [0.05, 0.1) is 16.8 Å². The summed E-state index contributed by atoms with van der Waals surface area (Å²) in [7, 11) is 0. The lowest BCUT2D eigenvalue weighted by molar-refractivity contribution is -0.128. The van der Waals surface area contributed by atoms with Gasteiger partial charge in [-0.2, -0.15) is 5.26 Å². The first-order valence-electron chi connectivity index (χ1n) is 7.24. The van der Waals surface area contributed by atoms with Gasteiger partial charge < -0.3 is 5.32 Å². The highest BCUT2D eigenvalue weighted by molar-refractivity contribution is 6.33. The number of carbonyl (C=O) groups excluding carboxylic acids is 2. The number of nitrogens with zero attached hydrogens (tertiary/aromatic N) is 1. The highest BCUT2D eigenvalue weighted by Gasteiger charge is 2.26. The highest BCUT2D eigenvalue weighted by atomic mass is 35.5. The first kappa shape index (κ1) is 17.6. The second-order valence-corrected chi connectivity index (χ2v) is 5.50. The fraction of sp³-hybridized carbons (Fsp3) is 0.167. The number of hydrogen-bond acceptors (Lipinski definition) is 3. The molecule has 122 valence electrons. The van der Waals surface area contributed by atoms with Crippen molar-refractivity contribution < 1.29 is 14.0 Å². The Morgan fingerprint density at radius 2 is 1.83 bits per heavy atom. The van der Waals surface area contributed by atoms with Gasteiger partial charge in [-0.25, -0.2) is 4.39 Å². The zero-order valence-electron chi connectivity index (χ0n) is 12.6. The molecule has 2 rings (SSSR count). The van der Waals surface area contributed by atoms with Crippen LogP contribution in [0.5, 0.6) is 0 Å². The van der Waals surface area contributed by atoms with Crippen LogP contribution < -0.4 is 5.32 Å². The van der Waals surface area contributed by atoms with Crippen LogP contribution in [0.1, 0.15) is 12.0 Å². The number of hydrogen-bond donors (Lipinski definition) is 1. The maximum Gasteiger partial charge on any atom is 0.249 e. The van der Waals surface area contributed by atoms with Crippen molar-refractivity contribution in [1.82, 2.24) is 0 Å². The van der Waals surface area contributed by atoms with Gasteiger partial charge in [-0.3, -0.25) is 9.59 Å². The van der Waals surface area contributed by atoms with Crippen molar-refractivity contribution in [3.05, 3.63) is 64.9 Å². The van der Waals surface area contributed by atoms with Gasteiger partial charge in [0.2, 0.25) is 5.91 Å². The number of nitrogens with one attached hydrogen (secondary N) is 1. The second kappa shape index (κ2) is 8.23. The van der Waals surface area contributed by atoms with Crippen LogP contribution in [0, 0.1) is 23.1 Å². The van der Waals surface area contributed by atoms with Crippen LogP contribution in [0.25, 0.3) is 0 Å². The SMILES string of the molecule is N#C[C@H](C(=O)CCc1ccccc1F)C(=O)Nc1ccccc1Cl. The lowest BCUT2D eigenvalue weighted by atomic mass is 9.98. The number of aryl methyl sites for hydroxylation is 1. The topological polar surface area (TPSA) is 70.0 Å². The third kappa shape index (κ3) is 4.40. The van der Waals surface area contributed by atoms with E-state index < -0.39 is 23.4 Å². The fourth-order valence-electron chi connectivity index (χ4n) is 2.15. The van der Waals surface area contributed by atoms with Gasteiger partial charge in [-0.15, -0.1) is 0 Å². The van der Waals surface area contributed by atoms with Crippen LogP contribution in [0.15, 0.2) is 48.5 Å². The zero-order chi connectivity index (χ0) is 17.5. The lowest BCUT2D eigenvalue weighted by Gasteiger charge is -2.11. The molecule has 0 bridgehead atoms. The molecule has 0 fully saturated rings. The molecule has 0 aliphatic heterocycles. The summed E-state index contributed by atoms with van der Waals surface area (Å²) in [6.45, 7) is 0. The maximum atomic E-state index is 13.5. The van der Waals surface area contributed by atoms with Crippen LogP contribution in [-0.2, 0) is 16.0 Å². The van der Waals surface area contributed by atoms with Crippen molar-refractivity contribution in [2.24, 2.45) is 5.92 Å². The number of amides is 1. The van der Waals surface area contributed by atoms with E-state index >= 15 is 0 Å². The van der Waals surface area contributed by atoms with E-state index in [0.717, 1.165) is 0 Å². The molecule has 24 heavy (non-hydrogen) atoms. The van der Waals surface area contributed by atoms with Crippen molar-refractivity contribution in [2.75, 3.05) is 5.32 Å². The molecule has 1 N–H and O–H groups in total. The van der Waals surface area contributed by atoms with E-state index in [0.29, 0.717) is 16.3 Å². The smallest absolute Gasteiger partial charge is 0.249 e. The normalized spacial score (nSPS) is 11.4. The molecule has 4 nitrogen and oxygen atoms in total. The number of para-hydroxylation sites is 1. The summed E-state index contributed by atoms with van der Waals surface area (Å²) in [5, 5.41) is 11.9. The quantitative estimate of drug-likeness (QED) is 0.811. The van der Waals surface area contributed by atoms with Crippen molar-refractivity contribution in [1.29, 1.82) is 5.26 Å². The molecular formula is C18H14ClFN2O2. The number of carbonyl (C=O) groups is 2. The van der Waals surface area contributed by atoms with Crippen molar-refractivity contribution in [3.63, 3.8) is 0 Å². The Morgan fingerprint density at radius 1 is 1.17 bits per heavy atom. The molecule has 1 atom stereocenters. The number of benzene rings is 2.